The average molecular weight is 727 g/mol. The highest BCUT2D eigenvalue weighted by Gasteiger charge is 2.38. The van der Waals surface area contributed by atoms with Gasteiger partial charge in [-0.1, -0.05) is 196 Å². The van der Waals surface area contributed by atoms with E-state index in [1.165, 1.54) is 71.4 Å². The van der Waals surface area contributed by atoms with Crippen molar-refractivity contribution in [2.45, 2.75) is 19.3 Å². The number of fused-ring (bicyclic) bond motifs is 7. The van der Waals surface area contributed by atoms with Crippen LogP contribution in [0.3, 0.4) is 0 Å². The van der Waals surface area contributed by atoms with Gasteiger partial charge in [0.15, 0.2) is 5.82 Å². The maximum atomic E-state index is 5.33. The fraction of sp³-hybridized carbons (Fsp3) is 0.0545. The number of nitrogens with zero attached hydrogens (tertiary/aromatic N) is 2. The third-order valence-corrected chi connectivity index (χ3v) is 12.1. The van der Waals surface area contributed by atoms with E-state index in [1.54, 1.807) is 0 Å². The van der Waals surface area contributed by atoms with Crippen LogP contribution < -0.4 is 0 Å². The van der Waals surface area contributed by atoms with Gasteiger partial charge in [0, 0.05) is 22.1 Å². The Balaban J connectivity index is 1.06. The monoisotopic (exact) mass is 726 g/mol. The van der Waals surface area contributed by atoms with E-state index in [0.29, 0.717) is 5.82 Å². The average Bonchev–Trinajstić information content (AvgIpc) is 3.52. The number of rotatable bonds is 5. The molecule has 1 aliphatic carbocycles. The van der Waals surface area contributed by atoms with Crippen molar-refractivity contribution < 1.29 is 0 Å². The predicted octanol–water partition coefficient (Wildman–Crippen LogP) is 14.6. The summed E-state index contributed by atoms with van der Waals surface area (Å²) in [7, 11) is 0. The van der Waals surface area contributed by atoms with Gasteiger partial charge < -0.3 is 0 Å². The molecule has 0 aliphatic heterocycles. The van der Waals surface area contributed by atoms with Crippen LogP contribution in [0.15, 0.2) is 194 Å². The van der Waals surface area contributed by atoms with Gasteiger partial charge in [0.25, 0.3) is 0 Å². The van der Waals surface area contributed by atoms with Crippen molar-refractivity contribution in [2.24, 2.45) is 0 Å². The lowest BCUT2D eigenvalue weighted by Gasteiger charge is -2.25. The van der Waals surface area contributed by atoms with Gasteiger partial charge in [-0.15, -0.1) is 0 Å². The smallest absolute Gasteiger partial charge is 0.161 e. The van der Waals surface area contributed by atoms with Crippen LogP contribution in [0.2, 0.25) is 0 Å². The third kappa shape index (κ3) is 5.33. The standard InChI is InChI=1S/C55H38N2/c1-55(2)49-33-30-36-15-7-9-20-42(36)52(49)48-25-13-24-46(53(48)55)45-31-32-47(44-22-11-10-21-43(44)45)54-56-50(38-16-4-3-5-17-38)34-51(57-54)39-28-26-37(27-29-39)41-23-12-18-35-14-6-8-19-40(35)41/h3-34H,1-2H3. The van der Waals surface area contributed by atoms with Crippen LogP contribution in [-0.2, 0) is 5.41 Å². The maximum absolute atomic E-state index is 5.33. The first-order chi connectivity index (χ1) is 28.0. The van der Waals surface area contributed by atoms with E-state index >= 15 is 0 Å². The summed E-state index contributed by atoms with van der Waals surface area (Å²) in [6.45, 7) is 4.76. The summed E-state index contributed by atoms with van der Waals surface area (Å²) in [6, 6.07) is 70.0. The van der Waals surface area contributed by atoms with E-state index in [0.717, 1.165) is 33.5 Å². The van der Waals surface area contributed by atoms with Gasteiger partial charge in [0.05, 0.1) is 11.4 Å². The van der Waals surface area contributed by atoms with Gasteiger partial charge >= 0.3 is 0 Å². The maximum Gasteiger partial charge on any atom is 0.161 e. The first-order valence-electron chi connectivity index (χ1n) is 19.7. The van der Waals surface area contributed by atoms with E-state index in [9.17, 15) is 0 Å². The summed E-state index contributed by atoms with van der Waals surface area (Å²) in [4.78, 5) is 10.6. The molecule has 0 atom stereocenters. The Morgan fingerprint density at radius 1 is 0.351 bits per heavy atom. The number of hydrogen-bond acceptors (Lipinski definition) is 2. The molecule has 1 heterocycles. The molecule has 2 nitrogen and oxygen atoms in total. The zero-order valence-corrected chi connectivity index (χ0v) is 31.9. The first kappa shape index (κ1) is 33.2. The molecule has 0 fully saturated rings. The van der Waals surface area contributed by atoms with Crippen LogP contribution in [0.5, 0.6) is 0 Å². The minimum atomic E-state index is -0.170. The highest BCUT2D eigenvalue weighted by molar-refractivity contribution is 6.08. The summed E-state index contributed by atoms with van der Waals surface area (Å²) in [5, 5.41) is 7.40. The summed E-state index contributed by atoms with van der Waals surface area (Å²) < 4.78 is 0. The third-order valence-electron chi connectivity index (χ3n) is 12.1. The van der Waals surface area contributed by atoms with Crippen molar-refractivity contribution in [2.75, 3.05) is 0 Å². The van der Waals surface area contributed by atoms with Crippen LogP contribution in [0, 0.1) is 0 Å². The molecule has 0 amide bonds. The Hall–Kier alpha value is -7.16. The fourth-order valence-corrected chi connectivity index (χ4v) is 9.37. The molecule has 2 heteroatoms. The van der Waals surface area contributed by atoms with E-state index in [-0.39, 0.29) is 5.41 Å². The largest absolute Gasteiger partial charge is 0.228 e. The lowest BCUT2D eigenvalue weighted by molar-refractivity contribution is 0.662. The van der Waals surface area contributed by atoms with E-state index in [4.69, 9.17) is 9.97 Å². The minimum absolute atomic E-state index is 0.170. The molecule has 268 valence electrons. The Bertz CT molecular complexity index is 3190. The molecule has 0 radical (unpaired) electrons. The second kappa shape index (κ2) is 13.0. The summed E-state index contributed by atoms with van der Waals surface area (Å²) in [5.74, 6) is 0.713. The van der Waals surface area contributed by atoms with Crippen LogP contribution in [0.4, 0.5) is 0 Å². The van der Waals surface area contributed by atoms with Crippen LogP contribution in [0.1, 0.15) is 25.0 Å². The lowest BCUT2D eigenvalue weighted by Crippen LogP contribution is -2.16. The van der Waals surface area contributed by atoms with Crippen LogP contribution in [-0.4, -0.2) is 9.97 Å². The first-order valence-corrected chi connectivity index (χ1v) is 19.7. The topological polar surface area (TPSA) is 25.8 Å². The Morgan fingerprint density at radius 3 is 1.63 bits per heavy atom. The molecule has 0 saturated carbocycles. The molecule has 0 spiro atoms. The van der Waals surface area contributed by atoms with Gasteiger partial charge in [0.1, 0.15) is 0 Å². The number of benzene rings is 9. The molecule has 9 aromatic carbocycles. The molecule has 1 aromatic heterocycles. The summed E-state index contributed by atoms with van der Waals surface area (Å²) >= 11 is 0. The molecular formula is C55H38N2. The van der Waals surface area contributed by atoms with Gasteiger partial charge in [-0.25, -0.2) is 9.97 Å². The highest BCUT2D eigenvalue weighted by Crippen LogP contribution is 2.55. The summed E-state index contributed by atoms with van der Waals surface area (Å²) in [5.41, 5.74) is 15.1. The molecule has 1 aliphatic rings. The minimum Gasteiger partial charge on any atom is -0.228 e. The van der Waals surface area contributed by atoms with Gasteiger partial charge in [-0.05, 0) is 89.0 Å². The van der Waals surface area contributed by atoms with Crippen molar-refractivity contribution >= 4 is 32.3 Å². The van der Waals surface area contributed by atoms with E-state index < -0.39 is 0 Å². The number of aromatic nitrogens is 2. The molecule has 10 aromatic rings. The summed E-state index contributed by atoms with van der Waals surface area (Å²) in [6.07, 6.45) is 0. The molecule has 0 saturated heterocycles. The molecule has 11 rings (SSSR count). The zero-order chi connectivity index (χ0) is 38.1. The number of hydrogen-bond donors (Lipinski definition) is 0. The highest BCUT2D eigenvalue weighted by atomic mass is 14.9. The van der Waals surface area contributed by atoms with Crippen molar-refractivity contribution in [1.82, 2.24) is 9.97 Å². The SMILES string of the molecule is CC1(C)c2ccc3ccccc3c2-c2cccc(-c3ccc(-c4nc(-c5ccccc5)cc(-c5ccc(-c6cccc7ccccc67)cc5)n4)c4ccccc34)c21. The Kier molecular flexibility index (Phi) is 7.55. The molecule has 0 N–H and O–H groups in total. The predicted molar refractivity (Wildman–Crippen MR) is 239 cm³/mol. The van der Waals surface area contributed by atoms with Gasteiger partial charge in [0.2, 0.25) is 0 Å². The second-order valence-corrected chi connectivity index (χ2v) is 15.7. The van der Waals surface area contributed by atoms with E-state index in [2.05, 4.69) is 202 Å². The normalized spacial score (nSPS) is 12.9. The van der Waals surface area contributed by atoms with Crippen LogP contribution in [0.25, 0.3) is 99.6 Å². The second-order valence-electron chi connectivity index (χ2n) is 15.7. The van der Waals surface area contributed by atoms with Crippen molar-refractivity contribution in [3.8, 4) is 67.3 Å². The van der Waals surface area contributed by atoms with Gasteiger partial charge in [-0.3, -0.25) is 0 Å². The van der Waals surface area contributed by atoms with E-state index in [1.807, 2.05) is 6.07 Å². The molecule has 0 unspecified atom stereocenters. The van der Waals surface area contributed by atoms with Crippen LogP contribution >= 0.6 is 0 Å². The van der Waals surface area contributed by atoms with Crippen molar-refractivity contribution in [1.29, 1.82) is 0 Å². The zero-order valence-electron chi connectivity index (χ0n) is 31.9. The van der Waals surface area contributed by atoms with Crippen molar-refractivity contribution in [3.05, 3.63) is 205 Å². The quantitative estimate of drug-likeness (QED) is 0.176. The fourth-order valence-electron chi connectivity index (χ4n) is 9.37. The van der Waals surface area contributed by atoms with Gasteiger partial charge in [-0.2, -0.15) is 0 Å². The van der Waals surface area contributed by atoms with Crippen molar-refractivity contribution in [3.63, 3.8) is 0 Å². The molecule has 57 heavy (non-hydrogen) atoms. The Labute approximate surface area is 332 Å². The molecule has 0 bridgehead atoms. The Morgan fingerprint density at radius 2 is 0.877 bits per heavy atom. The lowest BCUT2D eigenvalue weighted by atomic mass is 9.78. The molecular weight excluding hydrogens is 689 g/mol.